The van der Waals surface area contributed by atoms with E-state index in [4.69, 9.17) is 5.73 Å². The number of nitrogens with zero attached hydrogens (tertiary/aromatic N) is 2. The van der Waals surface area contributed by atoms with Gasteiger partial charge in [0, 0.05) is 5.56 Å². The van der Waals surface area contributed by atoms with Gasteiger partial charge in [-0.15, -0.1) is 15.9 Å². The molecule has 0 bridgehead atoms. The Morgan fingerprint density at radius 1 is 1.64 bits per heavy atom. The SMILES string of the molecule is C=C=Cc1cc(Br)nnc1N. The summed E-state index contributed by atoms with van der Waals surface area (Å²) in [6.45, 7) is 3.43. The smallest absolute Gasteiger partial charge is 0.154 e. The third-order valence-electron chi connectivity index (χ3n) is 1.08. The Morgan fingerprint density at radius 2 is 2.36 bits per heavy atom. The van der Waals surface area contributed by atoms with Gasteiger partial charge in [-0.3, -0.25) is 0 Å². The minimum absolute atomic E-state index is 0.379. The van der Waals surface area contributed by atoms with E-state index < -0.39 is 0 Å². The highest BCUT2D eigenvalue weighted by atomic mass is 79.9. The fraction of sp³-hybridized carbons (Fsp3) is 0. The third-order valence-corrected chi connectivity index (χ3v) is 1.47. The molecule has 0 unspecified atom stereocenters. The molecule has 0 amide bonds. The Hall–Kier alpha value is -1.12. The van der Waals surface area contributed by atoms with Crippen LogP contribution >= 0.6 is 15.9 Å². The van der Waals surface area contributed by atoms with Gasteiger partial charge in [-0.05, 0) is 28.1 Å². The lowest BCUT2D eigenvalue weighted by atomic mass is 10.3. The van der Waals surface area contributed by atoms with Crippen LogP contribution in [0.15, 0.2) is 23.0 Å². The lowest BCUT2D eigenvalue weighted by Crippen LogP contribution is -1.95. The molecule has 0 saturated heterocycles. The molecule has 4 heteroatoms. The van der Waals surface area contributed by atoms with Crippen LogP contribution < -0.4 is 5.73 Å². The number of halogens is 1. The van der Waals surface area contributed by atoms with E-state index in [2.05, 4.69) is 38.4 Å². The van der Waals surface area contributed by atoms with Crippen molar-refractivity contribution in [3.8, 4) is 0 Å². The number of anilines is 1. The van der Waals surface area contributed by atoms with Gasteiger partial charge in [-0.1, -0.05) is 6.58 Å². The van der Waals surface area contributed by atoms with E-state index >= 15 is 0 Å². The lowest BCUT2D eigenvalue weighted by Gasteiger charge is -1.95. The highest BCUT2D eigenvalue weighted by molar-refractivity contribution is 9.10. The first kappa shape index (κ1) is 7.98. The van der Waals surface area contributed by atoms with Gasteiger partial charge in [-0.25, -0.2) is 0 Å². The Morgan fingerprint density at radius 3 is 3.00 bits per heavy atom. The molecule has 11 heavy (non-hydrogen) atoms. The van der Waals surface area contributed by atoms with Crippen LogP contribution in [0, 0.1) is 0 Å². The van der Waals surface area contributed by atoms with Crippen LogP contribution in [-0.4, -0.2) is 10.2 Å². The summed E-state index contributed by atoms with van der Waals surface area (Å²) < 4.78 is 0.646. The maximum absolute atomic E-state index is 5.48. The molecule has 0 atom stereocenters. The summed E-state index contributed by atoms with van der Waals surface area (Å²) in [5.41, 5.74) is 8.86. The monoisotopic (exact) mass is 211 g/mol. The summed E-state index contributed by atoms with van der Waals surface area (Å²) in [5, 5.41) is 7.37. The molecule has 1 rings (SSSR count). The normalized spacial score (nSPS) is 8.82. The topological polar surface area (TPSA) is 51.8 Å². The maximum atomic E-state index is 5.48. The second-order valence-corrected chi connectivity index (χ2v) is 2.67. The van der Waals surface area contributed by atoms with Crippen molar-refractivity contribution in [2.24, 2.45) is 0 Å². The number of hydrogen-bond acceptors (Lipinski definition) is 3. The molecule has 1 heterocycles. The minimum atomic E-state index is 0.379. The standard InChI is InChI=1S/C7H6BrN3/c1-2-3-5-4-6(8)10-11-7(5)9/h3-4H,1H2,(H2,9,11). The van der Waals surface area contributed by atoms with Crippen molar-refractivity contribution in [3.63, 3.8) is 0 Å². The molecule has 0 radical (unpaired) electrons. The highest BCUT2D eigenvalue weighted by Gasteiger charge is 1.97. The molecule has 0 aliphatic carbocycles. The first-order chi connectivity index (χ1) is 5.24. The maximum Gasteiger partial charge on any atom is 0.154 e. The van der Waals surface area contributed by atoms with Gasteiger partial charge >= 0.3 is 0 Å². The van der Waals surface area contributed by atoms with Gasteiger partial charge < -0.3 is 5.73 Å². The second-order valence-electron chi connectivity index (χ2n) is 1.86. The molecule has 1 aromatic rings. The van der Waals surface area contributed by atoms with Crippen molar-refractivity contribution in [2.75, 3.05) is 5.73 Å². The Bertz CT molecular complexity index is 315. The Labute approximate surface area is 72.8 Å². The van der Waals surface area contributed by atoms with E-state index in [1.807, 2.05) is 0 Å². The average molecular weight is 212 g/mol. The van der Waals surface area contributed by atoms with Crippen LogP contribution in [0.2, 0.25) is 0 Å². The number of nitrogen functional groups attached to an aromatic ring is 1. The molecule has 0 fully saturated rings. The summed E-state index contributed by atoms with van der Waals surface area (Å²) in [4.78, 5) is 0. The molecular formula is C7H6BrN3. The van der Waals surface area contributed by atoms with Crippen LogP contribution in [0.4, 0.5) is 5.82 Å². The Balaban J connectivity index is 3.22. The zero-order chi connectivity index (χ0) is 8.27. The van der Waals surface area contributed by atoms with Gasteiger partial charge in [0.2, 0.25) is 0 Å². The van der Waals surface area contributed by atoms with E-state index in [9.17, 15) is 0 Å². The fourth-order valence-corrected chi connectivity index (χ4v) is 0.942. The zero-order valence-corrected chi connectivity index (χ0v) is 7.30. The van der Waals surface area contributed by atoms with Gasteiger partial charge in [0.15, 0.2) is 5.82 Å². The summed E-state index contributed by atoms with van der Waals surface area (Å²) in [5.74, 6) is 0.379. The van der Waals surface area contributed by atoms with E-state index in [1.165, 1.54) is 0 Å². The van der Waals surface area contributed by atoms with Crippen molar-refractivity contribution >= 4 is 27.8 Å². The molecule has 0 aromatic carbocycles. The van der Waals surface area contributed by atoms with Crippen molar-refractivity contribution < 1.29 is 0 Å². The number of nitrogens with two attached hydrogens (primary N) is 1. The largest absolute Gasteiger partial charge is 0.382 e. The molecule has 3 nitrogen and oxygen atoms in total. The Kier molecular flexibility index (Phi) is 2.41. The first-order valence-corrected chi connectivity index (χ1v) is 3.68. The van der Waals surface area contributed by atoms with Crippen LogP contribution in [0.3, 0.4) is 0 Å². The summed E-state index contributed by atoms with van der Waals surface area (Å²) in [6, 6.07) is 1.75. The molecular weight excluding hydrogens is 206 g/mol. The summed E-state index contributed by atoms with van der Waals surface area (Å²) >= 11 is 3.17. The number of aromatic nitrogens is 2. The van der Waals surface area contributed by atoms with Gasteiger partial charge in [0.25, 0.3) is 0 Å². The summed E-state index contributed by atoms with van der Waals surface area (Å²) in [7, 11) is 0. The third kappa shape index (κ3) is 1.90. The minimum Gasteiger partial charge on any atom is -0.382 e. The fourth-order valence-electron chi connectivity index (χ4n) is 0.616. The van der Waals surface area contributed by atoms with Crippen molar-refractivity contribution in [3.05, 3.63) is 28.5 Å². The molecule has 2 N–H and O–H groups in total. The van der Waals surface area contributed by atoms with Crippen LogP contribution in [0.5, 0.6) is 0 Å². The van der Waals surface area contributed by atoms with E-state index in [-0.39, 0.29) is 0 Å². The number of hydrogen-bond donors (Lipinski definition) is 1. The van der Waals surface area contributed by atoms with Gasteiger partial charge in [0.05, 0.1) is 0 Å². The molecule has 1 aromatic heterocycles. The molecule has 0 aliphatic rings. The van der Waals surface area contributed by atoms with Gasteiger partial charge in [-0.2, -0.15) is 0 Å². The first-order valence-electron chi connectivity index (χ1n) is 2.88. The van der Waals surface area contributed by atoms with Crippen molar-refractivity contribution in [1.82, 2.24) is 10.2 Å². The predicted octanol–water partition coefficient (Wildman–Crippen LogP) is 1.62. The van der Waals surface area contributed by atoms with Crippen LogP contribution in [-0.2, 0) is 0 Å². The van der Waals surface area contributed by atoms with E-state index in [0.29, 0.717) is 10.4 Å². The van der Waals surface area contributed by atoms with E-state index in [1.54, 1.807) is 12.1 Å². The number of rotatable bonds is 1. The van der Waals surface area contributed by atoms with E-state index in [0.717, 1.165) is 5.56 Å². The molecule has 56 valence electrons. The lowest BCUT2D eigenvalue weighted by molar-refractivity contribution is 1.01. The van der Waals surface area contributed by atoms with Crippen LogP contribution in [0.25, 0.3) is 6.08 Å². The molecule has 0 aliphatic heterocycles. The van der Waals surface area contributed by atoms with Crippen molar-refractivity contribution in [2.45, 2.75) is 0 Å². The average Bonchev–Trinajstić information content (AvgIpc) is 1.98. The molecule has 0 saturated carbocycles. The van der Waals surface area contributed by atoms with Gasteiger partial charge in [0.1, 0.15) is 4.60 Å². The zero-order valence-electron chi connectivity index (χ0n) is 5.71. The highest BCUT2D eigenvalue weighted by Crippen LogP contribution is 2.13. The second kappa shape index (κ2) is 3.32. The van der Waals surface area contributed by atoms with Crippen molar-refractivity contribution in [1.29, 1.82) is 0 Å². The quantitative estimate of drug-likeness (QED) is 0.719. The molecule has 0 spiro atoms. The van der Waals surface area contributed by atoms with Crippen LogP contribution in [0.1, 0.15) is 5.56 Å². The summed E-state index contributed by atoms with van der Waals surface area (Å²) in [6.07, 6.45) is 1.65. The predicted molar refractivity (Wildman–Crippen MR) is 47.7 cm³/mol.